The van der Waals surface area contributed by atoms with Crippen LogP contribution in [0.5, 0.6) is 0 Å². The standard InChI is InChI=1S/C14H18N4OS/c19-14(2-1-11-5-8-20-10-11)13-9-18(17-16-13)12-3-6-15-7-4-12/h5,8-10,12,15H,1-4,6-7H2. The third-order valence-electron chi connectivity index (χ3n) is 3.70. The molecule has 0 aliphatic carbocycles. The molecule has 3 heterocycles. The quantitative estimate of drug-likeness (QED) is 0.857. The lowest BCUT2D eigenvalue weighted by atomic mass is 10.1. The van der Waals surface area contributed by atoms with Crippen molar-refractivity contribution in [1.29, 1.82) is 0 Å². The molecule has 106 valence electrons. The summed E-state index contributed by atoms with van der Waals surface area (Å²) in [4.78, 5) is 12.1. The van der Waals surface area contributed by atoms with Crippen LogP contribution in [-0.2, 0) is 6.42 Å². The minimum atomic E-state index is 0.0800. The van der Waals surface area contributed by atoms with Crippen LogP contribution < -0.4 is 5.32 Å². The summed E-state index contributed by atoms with van der Waals surface area (Å²) in [5, 5.41) is 15.6. The lowest BCUT2D eigenvalue weighted by molar-refractivity contribution is 0.0978. The fraction of sp³-hybridized carbons (Fsp3) is 0.500. The molecule has 0 atom stereocenters. The smallest absolute Gasteiger partial charge is 0.185 e. The Morgan fingerprint density at radius 1 is 1.45 bits per heavy atom. The first-order valence-electron chi connectivity index (χ1n) is 7.00. The van der Waals surface area contributed by atoms with E-state index in [0.717, 1.165) is 32.4 Å². The van der Waals surface area contributed by atoms with Crippen molar-refractivity contribution in [1.82, 2.24) is 20.3 Å². The number of hydrogen-bond acceptors (Lipinski definition) is 5. The Morgan fingerprint density at radius 2 is 2.30 bits per heavy atom. The number of nitrogens with zero attached hydrogens (tertiary/aromatic N) is 3. The SMILES string of the molecule is O=C(CCc1ccsc1)c1cn(C2CCNCC2)nn1. The Hall–Kier alpha value is -1.53. The molecule has 1 fully saturated rings. The van der Waals surface area contributed by atoms with Crippen LogP contribution in [0.3, 0.4) is 0 Å². The van der Waals surface area contributed by atoms with E-state index in [-0.39, 0.29) is 5.78 Å². The van der Waals surface area contributed by atoms with Crippen LogP contribution in [0.1, 0.15) is 41.4 Å². The number of ketones is 1. The van der Waals surface area contributed by atoms with E-state index in [1.165, 1.54) is 5.56 Å². The summed E-state index contributed by atoms with van der Waals surface area (Å²) in [6.45, 7) is 2.01. The van der Waals surface area contributed by atoms with Gasteiger partial charge < -0.3 is 5.32 Å². The molecule has 0 radical (unpaired) electrons. The summed E-state index contributed by atoms with van der Waals surface area (Å²) < 4.78 is 1.86. The van der Waals surface area contributed by atoms with Crippen molar-refractivity contribution >= 4 is 17.1 Å². The van der Waals surface area contributed by atoms with Gasteiger partial charge in [-0.2, -0.15) is 11.3 Å². The number of carbonyl (C=O) groups excluding carboxylic acids is 1. The predicted octanol–water partition coefficient (Wildman–Crippen LogP) is 2.08. The van der Waals surface area contributed by atoms with E-state index in [0.29, 0.717) is 18.2 Å². The molecule has 0 saturated carbocycles. The molecule has 0 unspecified atom stereocenters. The Bertz CT molecular complexity index is 558. The van der Waals surface area contributed by atoms with Gasteiger partial charge in [0, 0.05) is 6.42 Å². The van der Waals surface area contributed by atoms with Crippen LogP contribution >= 0.6 is 11.3 Å². The van der Waals surface area contributed by atoms with E-state index >= 15 is 0 Å². The highest BCUT2D eigenvalue weighted by Crippen LogP contribution is 2.17. The highest BCUT2D eigenvalue weighted by Gasteiger charge is 2.18. The first-order valence-corrected chi connectivity index (χ1v) is 7.94. The fourth-order valence-corrected chi connectivity index (χ4v) is 3.18. The maximum absolute atomic E-state index is 12.1. The molecule has 3 rings (SSSR count). The Kier molecular flexibility index (Phi) is 4.22. The van der Waals surface area contributed by atoms with Crippen LogP contribution in [0.15, 0.2) is 23.0 Å². The molecule has 5 nitrogen and oxygen atoms in total. The summed E-state index contributed by atoms with van der Waals surface area (Å²) in [5.74, 6) is 0.0800. The number of rotatable bonds is 5. The van der Waals surface area contributed by atoms with Gasteiger partial charge >= 0.3 is 0 Å². The zero-order valence-electron chi connectivity index (χ0n) is 11.3. The molecule has 20 heavy (non-hydrogen) atoms. The van der Waals surface area contributed by atoms with Gasteiger partial charge in [-0.3, -0.25) is 4.79 Å². The second-order valence-corrected chi connectivity index (χ2v) is 5.90. The van der Waals surface area contributed by atoms with E-state index in [2.05, 4.69) is 27.1 Å². The number of thiophene rings is 1. The van der Waals surface area contributed by atoms with Gasteiger partial charge in [-0.05, 0) is 54.7 Å². The van der Waals surface area contributed by atoms with Crippen molar-refractivity contribution in [2.75, 3.05) is 13.1 Å². The molecule has 0 bridgehead atoms. The predicted molar refractivity (Wildman–Crippen MR) is 78.1 cm³/mol. The molecule has 1 saturated heterocycles. The number of hydrogen-bond donors (Lipinski definition) is 1. The first kappa shape index (κ1) is 13.5. The van der Waals surface area contributed by atoms with E-state index in [4.69, 9.17) is 0 Å². The Balaban J connectivity index is 1.59. The van der Waals surface area contributed by atoms with Gasteiger partial charge in [0.2, 0.25) is 0 Å². The van der Waals surface area contributed by atoms with Crippen LogP contribution in [0.4, 0.5) is 0 Å². The molecular weight excluding hydrogens is 272 g/mol. The number of Topliss-reactive ketones (excluding diaryl/α,β-unsaturated/α-hetero) is 1. The molecule has 1 aliphatic heterocycles. The van der Waals surface area contributed by atoms with E-state index in [1.807, 2.05) is 16.3 Å². The molecule has 2 aromatic heterocycles. The van der Waals surface area contributed by atoms with Gasteiger partial charge in [-0.15, -0.1) is 5.10 Å². The van der Waals surface area contributed by atoms with Crippen molar-refractivity contribution in [2.24, 2.45) is 0 Å². The number of nitrogens with one attached hydrogen (secondary N) is 1. The molecule has 1 aliphatic rings. The van der Waals surface area contributed by atoms with E-state index in [9.17, 15) is 4.79 Å². The van der Waals surface area contributed by atoms with Gasteiger partial charge in [0.1, 0.15) is 5.69 Å². The zero-order chi connectivity index (χ0) is 13.8. The average molecular weight is 290 g/mol. The van der Waals surface area contributed by atoms with Crippen molar-refractivity contribution in [3.63, 3.8) is 0 Å². The van der Waals surface area contributed by atoms with Gasteiger partial charge in [0.15, 0.2) is 5.78 Å². The Morgan fingerprint density at radius 3 is 3.05 bits per heavy atom. The van der Waals surface area contributed by atoms with Crippen LogP contribution in [0.2, 0.25) is 0 Å². The third kappa shape index (κ3) is 3.13. The molecule has 0 spiro atoms. The topological polar surface area (TPSA) is 59.8 Å². The summed E-state index contributed by atoms with van der Waals surface area (Å²) >= 11 is 1.66. The highest BCUT2D eigenvalue weighted by atomic mass is 32.1. The molecule has 2 aromatic rings. The number of carbonyl (C=O) groups is 1. The van der Waals surface area contributed by atoms with Gasteiger partial charge in [0.05, 0.1) is 12.2 Å². The normalized spacial score (nSPS) is 16.4. The Labute approximate surface area is 122 Å². The second kappa shape index (κ2) is 6.28. The maximum Gasteiger partial charge on any atom is 0.185 e. The lowest BCUT2D eigenvalue weighted by Crippen LogP contribution is -2.29. The molecular formula is C14H18N4OS. The van der Waals surface area contributed by atoms with Crippen LogP contribution in [0, 0.1) is 0 Å². The van der Waals surface area contributed by atoms with Gasteiger partial charge in [-0.1, -0.05) is 5.21 Å². The first-order chi connectivity index (χ1) is 9.83. The number of aryl methyl sites for hydroxylation is 1. The van der Waals surface area contributed by atoms with Crippen LogP contribution in [0.25, 0.3) is 0 Å². The largest absolute Gasteiger partial charge is 0.317 e. The number of aromatic nitrogens is 3. The van der Waals surface area contributed by atoms with E-state index < -0.39 is 0 Å². The summed E-state index contributed by atoms with van der Waals surface area (Å²) in [7, 11) is 0. The molecule has 6 heteroatoms. The zero-order valence-corrected chi connectivity index (χ0v) is 12.1. The molecule has 0 amide bonds. The van der Waals surface area contributed by atoms with Crippen LogP contribution in [-0.4, -0.2) is 33.9 Å². The van der Waals surface area contributed by atoms with Crippen molar-refractivity contribution < 1.29 is 4.79 Å². The monoisotopic (exact) mass is 290 g/mol. The fourth-order valence-electron chi connectivity index (χ4n) is 2.48. The maximum atomic E-state index is 12.1. The van der Waals surface area contributed by atoms with Gasteiger partial charge in [0.25, 0.3) is 0 Å². The molecule has 0 aromatic carbocycles. The van der Waals surface area contributed by atoms with E-state index in [1.54, 1.807) is 11.3 Å². The van der Waals surface area contributed by atoms with Crippen molar-refractivity contribution in [3.8, 4) is 0 Å². The minimum Gasteiger partial charge on any atom is -0.317 e. The third-order valence-corrected chi connectivity index (χ3v) is 4.43. The summed E-state index contributed by atoms with van der Waals surface area (Å²) in [6.07, 6.45) is 5.19. The van der Waals surface area contributed by atoms with Crippen molar-refractivity contribution in [2.45, 2.75) is 31.7 Å². The van der Waals surface area contributed by atoms with Gasteiger partial charge in [-0.25, -0.2) is 4.68 Å². The lowest BCUT2D eigenvalue weighted by Gasteiger charge is -2.22. The average Bonchev–Trinajstić information content (AvgIpc) is 3.17. The molecule has 1 N–H and O–H groups in total. The minimum absolute atomic E-state index is 0.0800. The second-order valence-electron chi connectivity index (χ2n) is 5.12. The summed E-state index contributed by atoms with van der Waals surface area (Å²) in [6, 6.07) is 2.44. The number of piperidine rings is 1. The summed E-state index contributed by atoms with van der Waals surface area (Å²) in [5.41, 5.74) is 1.72. The van der Waals surface area contributed by atoms with Crippen molar-refractivity contribution in [3.05, 3.63) is 34.3 Å². The highest BCUT2D eigenvalue weighted by molar-refractivity contribution is 7.07.